The van der Waals surface area contributed by atoms with Crippen molar-refractivity contribution in [2.45, 2.75) is 45.1 Å². The fraction of sp³-hybridized carbons (Fsp3) is 0.562. The van der Waals surface area contributed by atoms with Crippen LogP contribution in [0, 0.1) is 0 Å². The molecule has 1 unspecified atom stereocenters. The highest BCUT2D eigenvalue weighted by molar-refractivity contribution is 9.09. The molecule has 0 saturated heterocycles. The third kappa shape index (κ3) is 4.51. The van der Waals surface area contributed by atoms with Crippen LogP contribution < -0.4 is 4.74 Å². The summed E-state index contributed by atoms with van der Waals surface area (Å²) in [6, 6.07) is 8.14. The minimum absolute atomic E-state index is 0.166. The van der Waals surface area contributed by atoms with Gasteiger partial charge in [-0.15, -0.1) is 0 Å². The standard InChI is InChI=1S/C16H22BrNO2/c1-2-3-4-5-10-19-14-8-6-13(7-9-14)16-11-15(12-17)20-18-16/h6-9,15H,2-5,10-12H2,1H3. The molecule has 1 atom stereocenters. The van der Waals surface area contributed by atoms with Crippen molar-refractivity contribution >= 4 is 21.6 Å². The molecule has 0 aliphatic carbocycles. The monoisotopic (exact) mass is 339 g/mol. The average Bonchev–Trinajstić information content (AvgIpc) is 2.97. The molecule has 1 aromatic carbocycles. The Morgan fingerprint density at radius 1 is 1.25 bits per heavy atom. The molecule has 1 aromatic rings. The second-order valence-electron chi connectivity index (χ2n) is 5.06. The summed E-state index contributed by atoms with van der Waals surface area (Å²) in [5.41, 5.74) is 2.13. The largest absolute Gasteiger partial charge is 0.494 e. The summed E-state index contributed by atoms with van der Waals surface area (Å²) in [5.74, 6) is 0.932. The van der Waals surface area contributed by atoms with E-state index in [1.807, 2.05) is 12.1 Å². The van der Waals surface area contributed by atoms with Crippen LogP contribution in [0.5, 0.6) is 5.75 Å². The van der Waals surface area contributed by atoms with E-state index in [0.29, 0.717) is 0 Å². The molecule has 0 amide bonds. The predicted octanol–water partition coefficient (Wildman–Crippen LogP) is 4.53. The van der Waals surface area contributed by atoms with Gasteiger partial charge in [-0.1, -0.05) is 47.3 Å². The van der Waals surface area contributed by atoms with Gasteiger partial charge in [-0.25, -0.2) is 0 Å². The van der Waals surface area contributed by atoms with Crippen molar-refractivity contribution < 1.29 is 9.57 Å². The lowest BCUT2D eigenvalue weighted by atomic mass is 10.1. The summed E-state index contributed by atoms with van der Waals surface area (Å²) >= 11 is 3.42. The molecule has 1 aliphatic heterocycles. The first-order valence-electron chi connectivity index (χ1n) is 7.35. The SMILES string of the molecule is CCCCCCOc1ccc(C2=NOC(CBr)C2)cc1. The number of alkyl halides is 1. The zero-order valence-corrected chi connectivity index (χ0v) is 13.6. The normalized spacial score (nSPS) is 17.7. The molecule has 0 radical (unpaired) electrons. The third-order valence-corrected chi connectivity index (χ3v) is 4.08. The molecular weight excluding hydrogens is 318 g/mol. The molecule has 0 saturated carbocycles. The minimum Gasteiger partial charge on any atom is -0.494 e. The van der Waals surface area contributed by atoms with Gasteiger partial charge < -0.3 is 9.57 Å². The quantitative estimate of drug-likeness (QED) is 0.514. The summed E-state index contributed by atoms with van der Waals surface area (Å²) < 4.78 is 5.73. The van der Waals surface area contributed by atoms with Crippen LogP contribution in [0.4, 0.5) is 0 Å². The van der Waals surface area contributed by atoms with Crippen molar-refractivity contribution in [2.75, 3.05) is 11.9 Å². The number of halogens is 1. The number of unbranched alkanes of at least 4 members (excludes halogenated alkanes) is 3. The van der Waals surface area contributed by atoms with E-state index in [4.69, 9.17) is 9.57 Å². The number of nitrogens with zero attached hydrogens (tertiary/aromatic N) is 1. The summed E-state index contributed by atoms with van der Waals surface area (Å²) in [7, 11) is 0. The lowest BCUT2D eigenvalue weighted by Gasteiger charge is -2.07. The molecule has 110 valence electrons. The zero-order chi connectivity index (χ0) is 14.2. The maximum absolute atomic E-state index is 5.73. The van der Waals surface area contributed by atoms with Crippen LogP contribution in [0.2, 0.25) is 0 Å². The molecular formula is C16H22BrNO2. The lowest BCUT2D eigenvalue weighted by molar-refractivity contribution is 0.104. The molecule has 0 aromatic heterocycles. The minimum atomic E-state index is 0.166. The summed E-state index contributed by atoms with van der Waals surface area (Å²) in [5, 5.41) is 4.95. The van der Waals surface area contributed by atoms with E-state index in [1.165, 1.54) is 19.3 Å². The Bertz CT molecular complexity index is 431. The Balaban J connectivity index is 1.78. The predicted molar refractivity (Wildman–Crippen MR) is 85.9 cm³/mol. The van der Waals surface area contributed by atoms with Crippen LogP contribution >= 0.6 is 15.9 Å². The van der Waals surface area contributed by atoms with Gasteiger partial charge in [0.25, 0.3) is 0 Å². The van der Waals surface area contributed by atoms with E-state index in [2.05, 4.69) is 40.1 Å². The van der Waals surface area contributed by atoms with E-state index < -0.39 is 0 Å². The highest BCUT2D eigenvalue weighted by atomic mass is 79.9. The summed E-state index contributed by atoms with van der Waals surface area (Å²) in [4.78, 5) is 5.31. The van der Waals surface area contributed by atoms with Crippen molar-refractivity contribution in [3.05, 3.63) is 29.8 Å². The van der Waals surface area contributed by atoms with Gasteiger partial charge in [-0.2, -0.15) is 0 Å². The van der Waals surface area contributed by atoms with Crippen LogP contribution in [0.15, 0.2) is 29.4 Å². The van der Waals surface area contributed by atoms with Crippen LogP contribution in [0.3, 0.4) is 0 Å². The fourth-order valence-corrected chi connectivity index (χ4v) is 2.49. The topological polar surface area (TPSA) is 30.8 Å². The highest BCUT2D eigenvalue weighted by Crippen LogP contribution is 2.20. The Morgan fingerprint density at radius 3 is 2.70 bits per heavy atom. The molecule has 0 bridgehead atoms. The number of oxime groups is 1. The molecule has 1 aliphatic rings. The molecule has 3 nitrogen and oxygen atoms in total. The van der Waals surface area contributed by atoms with Crippen molar-refractivity contribution in [3.63, 3.8) is 0 Å². The molecule has 4 heteroatoms. The third-order valence-electron chi connectivity index (χ3n) is 3.36. The zero-order valence-electron chi connectivity index (χ0n) is 12.0. The maximum Gasteiger partial charge on any atom is 0.142 e. The van der Waals surface area contributed by atoms with Crippen molar-refractivity contribution in [1.29, 1.82) is 0 Å². The molecule has 0 spiro atoms. The lowest BCUT2D eigenvalue weighted by Crippen LogP contribution is -2.09. The molecule has 0 N–H and O–H groups in total. The first-order chi connectivity index (χ1) is 9.83. The van der Waals surface area contributed by atoms with Gasteiger partial charge in [0.1, 0.15) is 11.9 Å². The van der Waals surface area contributed by atoms with E-state index in [9.17, 15) is 0 Å². The highest BCUT2D eigenvalue weighted by Gasteiger charge is 2.20. The van der Waals surface area contributed by atoms with Gasteiger partial charge in [-0.3, -0.25) is 0 Å². The molecule has 1 heterocycles. The van der Waals surface area contributed by atoms with Gasteiger partial charge in [0.05, 0.1) is 12.3 Å². The Kier molecular flexibility index (Phi) is 6.37. The Morgan fingerprint density at radius 2 is 2.05 bits per heavy atom. The number of hydrogen-bond acceptors (Lipinski definition) is 3. The van der Waals surface area contributed by atoms with E-state index in [0.717, 1.165) is 41.8 Å². The number of ether oxygens (including phenoxy) is 1. The number of rotatable bonds is 8. The van der Waals surface area contributed by atoms with Gasteiger partial charge in [0.15, 0.2) is 0 Å². The van der Waals surface area contributed by atoms with Crippen molar-refractivity contribution in [3.8, 4) is 5.75 Å². The van der Waals surface area contributed by atoms with E-state index in [1.54, 1.807) is 0 Å². The molecule has 0 fully saturated rings. The van der Waals surface area contributed by atoms with E-state index >= 15 is 0 Å². The maximum atomic E-state index is 5.73. The van der Waals surface area contributed by atoms with Gasteiger partial charge >= 0.3 is 0 Å². The summed E-state index contributed by atoms with van der Waals surface area (Å²) in [6.07, 6.45) is 5.95. The van der Waals surface area contributed by atoms with Gasteiger partial charge in [0.2, 0.25) is 0 Å². The van der Waals surface area contributed by atoms with Gasteiger partial charge in [-0.05, 0) is 36.2 Å². The van der Waals surface area contributed by atoms with Gasteiger partial charge in [0, 0.05) is 11.8 Å². The molecule has 2 rings (SSSR count). The van der Waals surface area contributed by atoms with Crippen LogP contribution in [0.1, 0.15) is 44.6 Å². The first-order valence-corrected chi connectivity index (χ1v) is 8.47. The van der Waals surface area contributed by atoms with Crippen LogP contribution in [0.25, 0.3) is 0 Å². The van der Waals surface area contributed by atoms with Crippen molar-refractivity contribution in [2.24, 2.45) is 5.16 Å². The number of benzene rings is 1. The van der Waals surface area contributed by atoms with Crippen LogP contribution in [-0.4, -0.2) is 23.8 Å². The summed E-state index contributed by atoms with van der Waals surface area (Å²) in [6.45, 7) is 3.02. The van der Waals surface area contributed by atoms with E-state index in [-0.39, 0.29) is 6.10 Å². The molecule has 20 heavy (non-hydrogen) atoms. The fourth-order valence-electron chi connectivity index (χ4n) is 2.14. The van der Waals surface area contributed by atoms with Crippen molar-refractivity contribution in [1.82, 2.24) is 0 Å². The second-order valence-corrected chi connectivity index (χ2v) is 5.70. The first kappa shape index (κ1) is 15.4. The van der Waals surface area contributed by atoms with Crippen LogP contribution in [-0.2, 0) is 4.84 Å². The average molecular weight is 340 g/mol. The number of hydrogen-bond donors (Lipinski definition) is 0. The smallest absolute Gasteiger partial charge is 0.142 e. The Hall–Kier alpha value is -1.03. The Labute approximate surface area is 129 Å². The second kappa shape index (κ2) is 8.30.